The monoisotopic (exact) mass is 173 g/mol. The van der Waals surface area contributed by atoms with Crippen LogP contribution in [0.2, 0.25) is 0 Å². The summed E-state index contributed by atoms with van der Waals surface area (Å²) in [5.74, 6) is -0.154. The molecule has 0 saturated carbocycles. The third-order valence-electron chi connectivity index (χ3n) is 1.96. The molecule has 0 spiro atoms. The minimum atomic E-state index is -1.10. The maximum Gasteiger partial charge on any atom is 0.253 e. The molecule has 12 heavy (non-hydrogen) atoms. The first-order valence-corrected chi connectivity index (χ1v) is 4.52. The summed E-state index contributed by atoms with van der Waals surface area (Å²) in [6.45, 7) is 6.35. The number of carbonyl (C=O) groups is 1. The van der Waals surface area contributed by atoms with E-state index in [1.165, 1.54) is 0 Å². The molecule has 1 rings (SSSR count). The van der Waals surface area contributed by atoms with E-state index < -0.39 is 5.60 Å². The van der Waals surface area contributed by atoms with E-state index in [1.807, 2.05) is 13.8 Å². The topological polar surface area (TPSA) is 40.5 Å². The summed E-state index contributed by atoms with van der Waals surface area (Å²) in [4.78, 5) is 12.7. The molecule has 0 aromatic rings. The van der Waals surface area contributed by atoms with Gasteiger partial charge in [0.1, 0.15) is 5.60 Å². The number of likely N-dealkylation sites (N-methyl/N-ethyl adjacent to an activating group) is 1. The van der Waals surface area contributed by atoms with Gasteiger partial charge < -0.3 is 10.0 Å². The third-order valence-corrected chi connectivity index (χ3v) is 1.96. The summed E-state index contributed by atoms with van der Waals surface area (Å²) in [5.41, 5.74) is -1.10. The van der Waals surface area contributed by atoms with Gasteiger partial charge in [0.25, 0.3) is 5.91 Å². The van der Waals surface area contributed by atoms with E-state index >= 15 is 0 Å². The lowest BCUT2D eigenvalue weighted by Crippen LogP contribution is -2.49. The lowest BCUT2D eigenvalue weighted by Gasteiger charge is -2.33. The Labute approximate surface area is 74.4 Å². The zero-order valence-electron chi connectivity index (χ0n) is 8.42. The van der Waals surface area contributed by atoms with E-state index in [0.29, 0.717) is 6.42 Å². The highest BCUT2D eigenvalue weighted by Crippen LogP contribution is 2.20. The third kappa shape index (κ3) is 2.48. The Kier molecular flexibility index (Phi) is 4.24. The Balaban J connectivity index is 0.000000561. The first-order chi connectivity index (χ1) is 5.54. The number of piperidine rings is 1. The second-order valence-corrected chi connectivity index (χ2v) is 3.10. The summed E-state index contributed by atoms with van der Waals surface area (Å²) >= 11 is 0. The summed E-state index contributed by atoms with van der Waals surface area (Å²) in [6.07, 6.45) is 1.49. The predicted octanol–water partition coefficient (Wildman–Crippen LogP) is 1.02. The maximum absolute atomic E-state index is 11.1. The molecule has 0 aromatic heterocycles. The molecule has 1 saturated heterocycles. The van der Waals surface area contributed by atoms with Gasteiger partial charge in [-0.2, -0.15) is 0 Å². The lowest BCUT2D eigenvalue weighted by molar-refractivity contribution is -0.153. The van der Waals surface area contributed by atoms with Crippen molar-refractivity contribution in [1.82, 2.24) is 4.90 Å². The van der Waals surface area contributed by atoms with Gasteiger partial charge in [-0.15, -0.1) is 0 Å². The van der Waals surface area contributed by atoms with Gasteiger partial charge in [0.2, 0.25) is 0 Å². The van der Waals surface area contributed by atoms with Crippen LogP contribution in [0.3, 0.4) is 0 Å². The van der Waals surface area contributed by atoms with Crippen LogP contribution in [-0.4, -0.2) is 35.1 Å². The molecule has 0 aliphatic carbocycles. The first-order valence-electron chi connectivity index (χ1n) is 4.52. The van der Waals surface area contributed by atoms with Crippen molar-refractivity contribution in [1.29, 1.82) is 0 Å². The van der Waals surface area contributed by atoms with Gasteiger partial charge in [-0.1, -0.05) is 13.8 Å². The van der Waals surface area contributed by atoms with Gasteiger partial charge in [-0.25, -0.2) is 0 Å². The number of amides is 1. The number of carbonyl (C=O) groups excluding carboxylic acids is 1. The van der Waals surface area contributed by atoms with Crippen molar-refractivity contribution in [2.45, 2.75) is 39.2 Å². The average molecular weight is 173 g/mol. The van der Waals surface area contributed by atoms with Crippen LogP contribution in [0.5, 0.6) is 0 Å². The van der Waals surface area contributed by atoms with E-state index in [1.54, 1.807) is 18.9 Å². The van der Waals surface area contributed by atoms with Crippen LogP contribution in [0.1, 0.15) is 33.6 Å². The van der Waals surface area contributed by atoms with Crippen LogP contribution in [0.15, 0.2) is 0 Å². The minimum Gasteiger partial charge on any atom is -0.380 e. The van der Waals surface area contributed by atoms with Crippen molar-refractivity contribution in [2.24, 2.45) is 0 Å². The summed E-state index contributed by atoms with van der Waals surface area (Å²) in [5, 5.41) is 9.42. The Hall–Kier alpha value is -0.570. The number of likely N-dealkylation sites (tertiary alicyclic amines) is 1. The summed E-state index contributed by atoms with van der Waals surface area (Å²) < 4.78 is 0. The number of rotatable bonds is 0. The SMILES string of the molecule is CC.CN1CCCC(C)(O)C1=O. The van der Waals surface area contributed by atoms with Crippen LogP contribution in [0.4, 0.5) is 0 Å². The normalized spacial score (nSPS) is 29.4. The molecule has 1 atom stereocenters. The van der Waals surface area contributed by atoms with Crippen LogP contribution in [0.25, 0.3) is 0 Å². The summed E-state index contributed by atoms with van der Waals surface area (Å²) in [6, 6.07) is 0. The molecule has 1 aliphatic rings. The molecule has 72 valence electrons. The van der Waals surface area contributed by atoms with Crippen molar-refractivity contribution < 1.29 is 9.90 Å². The highest BCUT2D eigenvalue weighted by molar-refractivity contribution is 5.84. The Morgan fingerprint density at radius 2 is 2.00 bits per heavy atom. The molecule has 1 unspecified atom stereocenters. The van der Waals surface area contributed by atoms with Crippen LogP contribution >= 0.6 is 0 Å². The molecule has 1 N–H and O–H groups in total. The Morgan fingerprint density at radius 3 is 2.33 bits per heavy atom. The maximum atomic E-state index is 11.1. The zero-order valence-corrected chi connectivity index (χ0v) is 8.42. The Morgan fingerprint density at radius 1 is 1.50 bits per heavy atom. The fourth-order valence-electron chi connectivity index (χ4n) is 1.28. The molecule has 1 heterocycles. The smallest absolute Gasteiger partial charge is 0.253 e. The lowest BCUT2D eigenvalue weighted by atomic mass is 9.95. The molecule has 0 radical (unpaired) electrons. The van der Waals surface area contributed by atoms with Crippen molar-refractivity contribution >= 4 is 5.91 Å². The molecular formula is C9H19NO2. The second kappa shape index (κ2) is 4.45. The van der Waals surface area contributed by atoms with Gasteiger partial charge in [0.05, 0.1) is 0 Å². The van der Waals surface area contributed by atoms with Gasteiger partial charge in [-0.3, -0.25) is 4.79 Å². The quantitative estimate of drug-likeness (QED) is 0.594. The van der Waals surface area contributed by atoms with Gasteiger partial charge in [-0.05, 0) is 19.8 Å². The van der Waals surface area contributed by atoms with Crippen molar-refractivity contribution in [3.63, 3.8) is 0 Å². The fraction of sp³-hybridized carbons (Fsp3) is 0.889. The highest BCUT2D eigenvalue weighted by Gasteiger charge is 2.35. The average Bonchev–Trinajstić information content (AvgIpc) is 2.04. The molecule has 0 bridgehead atoms. The molecule has 1 fully saturated rings. The number of aliphatic hydroxyl groups is 1. The van der Waals surface area contributed by atoms with Crippen molar-refractivity contribution in [3.05, 3.63) is 0 Å². The van der Waals surface area contributed by atoms with Gasteiger partial charge in [0, 0.05) is 13.6 Å². The van der Waals surface area contributed by atoms with E-state index in [-0.39, 0.29) is 5.91 Å². The molecule has 0 aromatic carbocycles. The first kappa shape index (κ1) is 11.4. The fourth-order valence-corrected chi connectivity index (χ4v) is 1.28. The molecule has 3 nitrogen and oxygen atoms in total. The minimum absolute atomic E-state index is 0.154. The zero-order chi connectivity index (χ0) is 9.78. The Bertz CT molecular complexity index is 155. The van der Waals surface area contributed by atoms with E-state index in [2.05, 4.69) is 0 Å². The number of hydrogen-bond donors (Lipinski definition) is 1. The molecule has 3 heteroatoms. The van der Waals surface area contributed by atoms with Crippen LogP contribution in [-0.2, 0) is 4.79 Å². The van der Waals surface area contributed by atoms with Gasteiger partial charge in [0.15, 0.2) is 0 Å². The van der Waals surface area contributed by atoms with Crippen molar-refractivity contribution in [3.8, 4) is 0 Å². The number of hydrogen-bond acceptors (Lipinski definition) is 2. The molecular weight excluding hydrogens is 154 g/mol. The predicted molar refractivity (Wildman–Crippen MR) is 48.8 cm³/mol. The van der Waals surface area contributed by atoms with E-state index in [9.17, 15) is 9.90 Å². The van der Waals surface area contributed by atoms with Gasteiger partial charge >= 0.3 is 0 Å². The van der Waals surface area contributed by atoms with Crippen LogP contribution < -0.4 is 0 Å². The molecule has 1 aliphatic heterocycles. The van der Waals surface area contributed by atoms with Crippen molar-refractivity contribution in [2.75, 3.05) is 13.6 Å². The summed E-state index contributed by atoms with van der Waals surface area (Å²) in [7, 11) is 1.72. The molecule has 1 amide bonds. The highest BCUT2D eigenvalue weighted by atomic mass is 16.3. The second-order valence-electron chi connectivity index (χ2n) is 3.10. The van der Waals surface area contributed by atoms with E-state index in [4.69, 9.17) is 0 Å². The number of nitrogens with zero attached hydrogens (tertiary/aromatic N) is 1. The largest absolute Gasteiger partial charge is 0.380 e. The standard InChI is InChI=1S/C7H13NO2.C2H6/c1-7(10)4-3-5-8(2)6(7)9;1-2/h10H,3-5H2,1-2H3;1-2H3. The van der Waals surface area contributed by atoms with E-state index in [0.717, 1.165) is 13.0 Å². The van der Waals surface area contributed by atoms with Crippen LogP contribution in [0, 0.1) is 0 Å².